The number of fused-ring (bicyclic) bond motifs is 3. The lowest BCUT2D eigenvalue weighted by Crippen LogP contribution is -2.21. The van der Waals surface area contributed by atoms with Crippen molar-refractivity contribution in [1.29, 1.82) is 0 Å². The molecule has 1 nitrogen and oxygen atoms in total. The zero-order chi connectivity index (χ0) is 15.3. The summed E-state index contributed by atoms with van der Waals surface area (Å²) < 4.78 is 1.43. The zero-order valence-electron chi connectivity index (χ0n) is 13.9. The maximum absolute atomic E-state index is 2.46. The van der Waals surface area contributed by atoms with Gasteiger partial charge in [0.25, 0.3) is 0 Å². The first-order valence-electron chi connectivity index (χ1n) is 8.46. The van der Waals surface area contributed by atoms with Crippen LogP contribution in [0.25, 0.3) is 15.7 Å². The van der Waals surface area contributed by atoms with E-state index in [0.717, 1.165) is 18.4 Å². The maximum Gasteiger partial charge on any atom is 0.0345 e. The highest BCUT2D eigenvalue weighted by Gasteiger charge is 2.35. The normalized spacial score (nSPS) is 24.7. The van der Waals surface area contributed by atoms with Crippen LogP contribution >= 0.6 is 11.3 Å². The number of rotatable bonds is 3. The Morgan fingerprint density at radius 1 is 1.23 bits per heavy atom. The lowest BCUT2D eigenvalue weighted by Gasteiger charge is -2.29. The van der Waals surface area contributed by atoms with Gasteiger partial charge in [0, 0.05) is 11.2 Å². The molecule has 2 aliphatic rings. The summed E-state index contributed by atoms with van der Waals surface area (Å²) in [6, 6.07) is 7.18. The predicted molar refractivity (Wildman–Crippen MR) is 97.5 cm³/mol. The lowest BCUT2D eigenvalue weighted by atomic mass is 9.79. The van der Waals surface area contributed by atoms with Gasteiger partial charge in [-0.15, -0.1) is 11.3 Å². The topological polar surface area (TPSA) is 3.24 Å². The van der Waals surface area contributed by atoms with Gasteiger partial charge in [-0.3, -0.25) is 0 Å². The van der Waals surface area contributed by atoms with Crippen LogP contribution < -0.4 is 0 Å². The Morgan fingerprint density at radius 3 is 2.91 bits per heavy atom. The van der Waals surface area contributed by atoms with E-state index in [4.69, 9.17) is 0 Å². The van der Waals surface area contributed by atoms with E-state index < -0.39 is 0 Å². The van der Waals surface area contributed by atoms with Gasteiger partial charge in [-0.1, -0.05) is 11.6 Å². The Balaban J connectivity index is 1.84. The molecule has 0 amide bonds. The Bertz CT molecular complexity index is 737. The number of thiophene rings is 1. The molecule has 0 saturated heterocycles. The molecule has 2 atom stereocenters. The summed E-state index contributed by atoms with van der Waals surface area (Å²) in [7, 11) is 4.40. The molecule has 1 fully saturated rings. The molecule has 2 aromatic rings. The number of benzene rings is 1. The van der Waals surface area contributed by atoms with Crippen LogP contribution in [0.5, 0.6) is 0 Å². The molecule has 0 N–H and O–H groups in total. The van der Waals surface area contributed by atoms with Gasteiger partial charge in [0.05, 0.1) is 0 Å². The fourth-order valence-corrected chi connectivity index (χ4v) is 5.49. The smallest absolute Gasteiger partial charge is 0.0345 e. The van der Waals surface area contributed by atoms with Crippen molar-refractivity contribution in [3.63, 3.8) is 0 Å². The van der Waals surface area contributed by atoms with E-state index in [9.17, 15) is 0 Å². The third-order valence-electron chi connectivity index (χ3n) is 5.45. The van der Waals surface area contributed by atoms with Crippen molar-refractivity contribution in [3.05, 3.63) is 40.3 Å². The van der Waals surface area contributed by atoms with Gasteiger partial charge >= 0.3 is 0 Å². The standard InChI is InChI=1S/C20H25NS/c1-13-12-22-19-7-6-16(10-18(13)19)20-15-5-4-14(8-15)9-17(20)11-21(2)3/h6-7,10,12,14-15H,4-5,8-9,11H2,1-3H3/t14-,15+/m0/s1. The Morgan fingerprint density at radius 2 is 2.09 bits per heavy atom. The first-order chi connectivity index (χ1) is 10.6. The van der Waals surface area contributed by atoms with E-state index in [2.05, 4.69) is 49.5 Å². The summed E-state index contributed by atoms with van der Waals surface area (Å²) in [5.74, 6) is 1.76. The molecular formula is C20H25NS. The highest BCUT2D eigenvalue weighted by atomic mass is 32.1. The maximum atomic E-state index is 2.46. The monoisotopic (exact) mass is 311 g/mol. The third-order valence-corrected chi connectivity index (χ3v) is 6.53. The molecule has 1 saturated carbocycles. The molecule has 4 rings (SSSR count). The van der Waals surface area contributed by atoms with Crippen molar-refractivity contribution in [2.75, 3.05) is 20.6 Å². The van der Waals surface area contributed by atoms with Crippen molar-refractivity contribution in [2.24, 2.45) is 11.8 Å². The summed E-state index contributed by atoms with van der Waals surface area (Å²) >= 11 is 1.87. The first-order valence-corrected chi connectivity index (χ1v) is 9.34. The highest BCUT2D eigenvalue weighted by molar-refractivity contribution is 7.17. The molecule has 2 aliphatic carbocycles. The van der Waals surface area contributed by atoms with Crippen molar-refractivity contribution in [1.82, 2.24) is 4.90 Å². The second-order valence-corrected chi connectivity index (χ2v) is 8.38. The van der Waals surface area contributed by atoms with Crippen LogP contribution in [0.1, 0.15) is 36.8 Å². The first kappa shape index (κ1) is 14.5. The van der Waals surface area contributed by atoms with Crippen LogP contribution in [0, 0.1) is 18.8 Å². The summed E-state index contributed by atoms with van der Waals surface area (Å²) in [4.78, 5) is 2.34. The molecule has 0 unspecified atom stereocenters. The van der Waals surface area contributed by atoms with Crippen LogP contribution in [0.3, 0.4) is 0 Å². The van der Waals surface area contributed by atoms with Crippen LogP contribution in [-0.4, -0.2) is 25.5 Å². The summed E-state index contributed by atoms with van der Waals surface area (Å²) in [5.41, 5.74) is 6.32. The number of nitrogens with zero attached hydrogens (tertiary/aromatic N) is 1. The zero-order valence-corrected chi connectivity index (χ0v) is 14.7. The minimum Gasteiger partial charge on any atom is -0.305 e. The van der Waals surface area contributed by atoms with Crippen molar-refractivity contribution in [3.8, 4) is 0 Å². The van der Waals surface area contributed by atoms with Gasteiger partial charge in [-0.05, 0) is 98.1 Å². The number of aryl methyl sites for hydroxylation is 1. The van der Waals surface area contributed by atoms with E-state index >= 15 is 0 Å². The molecule has 1 heterocycles. The van der Waals surface area contributed by atoms with Crippen molar-refractivity contribution in [2.45, 2.75) is 32.6 Å². The van der Waals surface area contributed by atoms with E-state index in [-0.39, 0.29) is 0 Å². The second kappa shape index (κ2) is 5.50. The van der Waals surface area contributed by atoms with E-state index in [1.54, 1.807) is 11.1 Å². The fourth-order valence-electron chi connectivity index (χ4n) is 4.56. The van der Waals surface area contributed by atoms with E-state index in [0.29, 0.717) is 0 Å². The van der Waals surface area contributed by atoms with E-state index in [1.165, 1.54) is 46.9 Å². The van der Waals surface area contributed by atoms with Gasteiger partial charge in [-0.25, -0.2) is 0 Å². The molecule has 0 spiro atoms. The average Bonchev–Trinajstić information content (AvgIpc) is 3.03. The van der Waals surface area contributed by atoms with Gasteiger partial charge in [0.15, 0.2) is 0 Å². The van der Waals surface area contributed by atoms with Gasteiger partial charge in [0.1, 0.15) is 0 Å². The molecule has 0 aliphatic heterocycles. The summed E-state index contributed by atoms with van der Waals surface area (Å²) in [5, 5.41) is 3.75. The minimum absolute atomic E-state index is 0.810. The molecule has 2 heteroatoms. The second-order valence-electron chi connectivity index (χ2n) is 7.46. The number of likely N-dealkylation sites (N-methyl/N-ethyl adjacent to an activating group) is 1. The van der Waals surface area contributed by atoms with Gasteiger partial charge in [0.2, 0.25) is 0 Å². The van der Waals surface area contributed by atoms with Gasteiger partial charge in [-0.2, -0.15) is 0 Å². The quantitative estimate of drug-likeness (QED) is 0.739. The molecule has 1 aromatic heterocycles. The van der Waals surface area contributed by atoms with Gasteiger partial charge < -0.3 is 4.90 Å². The SMILES string of the molecule is Cc1csc2ccc(C3=C(CN(C)C)C[C@H]4CC[C@@H]3C4)cc12. The largest absolute Gasteiger partial charge is 0.305 e. The molecule has 22 heavy (non-hydrogen) atoms. The lowest BCUT2D eigenvalue weighted by molar-refractivity contribution is 0.413. The summed E-state index contributed by atoms with van der Waals surface area (Å²) in [6.45, 7) is 3.37. The average molecular weight is 311 g/mol. The fraction of sp³-hybridized carbons (Fsp3) is 0.500. The minimum atomic E-state index is 0.810. The Labute approximate surface area is 137 Å². The molecular weight excluding hydrogens is 286 g/mol. The Kier molecular flexibility index (Phi) is 3.62. The van der Waals surface area contributed by atoms with Crippen LogP contribution in [0.15, 0.2) is 29.2 Å². The summed E-state index contributed by atoms with van der Waals surface area (Å²) in [6.07, 6.45) is 5.58. The molecule has 1 aromatic carbocycles. The number of hydrogen-bond acceptors (Lipinski definition) is 2. The Hall–Kier alpha value is -1.12. The van der Waals surface area contributed by atoms with Crippen LogP contribution in [-0.2, 0) is 0 Å². The molecule has 0 radical (unpaired) electrons. The van der Waals surface area contributed by atoms with Crippen LogP contribution in [0.4, 0.5) is 0 Å². The number of hydrogen-bond donors (Lipinski definition) is 0. The van der Waals surface area contributed by atoms with Crippen molar-refractivity contribution >= 4 is 27.0 Å². The molecule has 116 valence electrons. The van der Waals surface area contributed by atoms with E-state index in [1.807, 2.05) is 11.3 Å². The predicted octanol–water partition coefficient (Wildman–Crippen LogP) is 5.34. The highest BCUT2D eigenvalue weighted by Crippen LogP contribution is 2.49. The molecule has 2 bridgehead atoms. The van der Waals surface area contributed by atoms with Crippen molar-refractivity contribution < 1.29 is 0 Å². The number of allylic oxidation sites excluding steroid dienone is 1. The third kappa shape index (κ3) is 2.43. The van der Waals surface area contributed by atoms with Crippen LogP contribution in [0.2, 0.25) is 0 Å².